The van der Waals surface area contributed by atoms with Gasteiger partial charge in [-0.25, -0.2) is 0 Å². The molecule has 3 N–H and O–H groups in total. The van der Waals surface area contributed by atoms with Crippen molar-refractivity contribution in [2.45, 2.75) is 12.5 Å². The summed E-state index contributed by atoms with van der Waals surface area (Å²) in [6, 6.07) is 0. The van der Waals surface area contributed by atoms with Crippen LogP contribution in [0.15, 0.2) is 0 Å². The van der Waals surface area contributed by atoms with Crippen LogP contribution in [0.1, 0.15) is 6.42 Å². The topological polar surface area (TPSA) is 77.8 Å². The maximum atomic E-state index is 10.2. The van der Waals surface area contributed by atoms with E-state index in [0.29, 0.717) is 6.42 Å². The predicted octanol–water partition coefficient (Wildman–Crippen LogP) is -0.940. The fourth-order valence-electron chi connectivity index (χ4n) is 1.06. The van der Waals surface area contributed by atoms with Crippen molar-refractivity contribution >= 4 is 5.97 Å². The van der Waals surface area contributed by atoms with E-state index in [4.69, 9.17) is 15.3 Å². The van der Waals surface area contributed by atoms with Crippen LogP contribution in [0.3, 0.4) is 0 Å². The van der Waals surface area contributed by atoms with Gasteiger partial charge in [0.2, 0.25) is 0 Å². The van der Waals surface area contributed by atoms with E-state index in [2.05, 4.69) is 0 Å². The van der Waals surface area contributed by atoms with Crippen LogP contribution in [0.4, 0.5) is 0 Å². The van der Waals surface area contributed by atoms with Crippen LogP contribution in [0.25, 0.3) is 0 Å². The quantitative estimate of drug-likeness (QED) is 0.480. The first-order chi connectivity index (χ1) is 4.66. The van der Waals surface area contributed by atoms with Crippen molar-refractivity contribution in [1.29, 1.82) is 0 Å². The molecule has 4 nitrogen and oxygen atoms in total. The maximum absolute atomic E-state index is 10.2. The predicted molar refractivity (Wildman–Crippen MR) is 32.3 cm³/mol. The van der Waals surface area contributed by atoms with E-state index in [1.54, 1.807) is 0 Å². The van der Waals surface area contributed by atoms with E-state index in [-0.39, 0.29) is 12.5 Å². The molecule has 0 aromatic heterocycles. The molecule has 1 rings (SSSR count). The molecule has 1 aliphatic carbocycles. The molecule has 0 unspecified atom stereocenters. The summed E-state index contributed by atoms with van der Waals surface area (Å²) in [5.41, 5.74) is 0. The van der Waals surface area contributed by atoms with Crippen molar-refractivity contribution in [3.05, 3.63) is 0 Å². The second kappa shape index (κ2) is 2.56. The van der Waals surface area contributed by atoms with Gasteiger partial charge >= 0.3 is 5.97 Å². The third-order valence-corrected chi connectivity index (χ3v) is 1.84. The van der Waals surface area contributed by atoms with Crippen LogP contribution in [-0.2, 0) is 4.79 Å². The van der Waals surface area contributed by atoms with Gasteiger partial charge in [-0.05, 0) is 6.42 Å². The third-order valence-electron chi connectivity index (χ3n) is 1.84. The van der Waals surface area contributed by atoms with E-state index in [9.17, 15) is 4.79 Å². The first-order valence-electron chi connectivity index (χ1n) is 3.18. The minimum absolute atomic E-state index is 0.220. The number of carbonyl (C=O) groups is 1. The molecule has 0 radical (unpaired) electrons. The lowest BCUT2D eigenvalue weighted by Gasteiger charge is -2.02. The highest BCUT2D eigenvalue weighted by Gasteiger charge is 2.47. The van der Waals surface area contributed by atoms with Crippen LogP contribution in [0.5, 0.6) is 0 Å². The lowest BCUT2D eigenvalue weighted by atomic mass is 10.2. The number of hydrogen-bond donors (Lipinski definition) is 3. The molecule has 10 heavy (non-hydrogen) atoms. The average molecular weight is 146 g/mol. The molecular formula is C6H10O4. The maximum Gasteiger partial charge on any atom is 0.306 e. The zero-order valence-electron chi connectivity index (χ0n) is 5.40. The minimum Gasteiger partial charge on any atom is -0.481 e. The Balaban J connectivity index is 2.31. The molecule has 0 bridgehead atoms. The first kappa shape index (κ1) is 7.50. The van der Waals surface area contributed by atoms with Crippen LogP contribution in [0.2, 0.25) is 0 Å². The molecule has 1 aliphatic rings. The molecule has 58 valence electrons. The van der Waals surface area contributed by atoms with Gasteiger partial charge in [-0.2, -0.15) is 0 Å². The zero-order valence-corrected chi connectivity index (χ0v) is 5.40. The van der Waals surface area contributed by atoms with Gasteiger partial charge in [0.15, 0.2) is 0 Å². The van der Waals surface area contributed by atoms with Gasteiger partial charge in [0, 0.05) is 5.92 Å². The minimum atomic E-state index is -0.877. The molecule has 0 spiro atoms. The summed E-state index contributed by atoms with van der Waals surface area (Å²) in [6.45, 7) is -0.339. The van der Waals surface area contributed by atoms with Crippen molar-refractivity contribution in [2.75, 3.05) is 6.61 Å². The highest BCUT2D eigenvalue weighted by Crippen LogP contribution is 2.41. The first-order valence-corrected chi connectivity index (χ1v) is 3.18. The normalized spacial score (nSPS) is 33.4. The number of carboxylic acid groups (broad SMARTS) is 1. The third kappa shape index (κ3) is 1.27. The van der Waals surface area contributed by atoms with Crippen LogP contribution < -0.4 is 0 Å². The number of hydrogen-bond acceptors (Lipinski definition) is 3. The Morgan fingerprint density at radius 2 is 2.30 bits per heavy atom. The number of rotatable bonds is 3. The van der Waals surface area contributed by atoms with E-state index < -0.39 is 18.0 Å². The van der Waals surface area contributed by atoms with Gasteiger partial charge in [-0.1, -0.05) is 0 Å². The summed E-state index contributed by atoms with van der Waals surface area (Å²) in [6.07, 6.45) is -0.349. The fraction of sp³-hybridized carbons (Fsp3) is 0.833. The Bertz CT molecular complexity index is 145. The van der Waals surface area contributed by atoms with Gasteiger partial charge in [-0.15, -0.1) is 0 Å². The van der Waals surface area contributed by atoms with Gasteiger partial charge < -0.3 is 15.3 Å². The monoisotopic (exact) mass is 146 g/mol. The molecule has 0 saturated heterocycles. The van der Waals surface area contributed by atoms with Crippen molar-refractivity contribution in [2.24, 2.45) is 11.8 Å². The Kier molecular flexibility index (Phi) is 1.92. The van der Waals surface area contributed by atoms with Crippen molar-refractivity contribution < 1.29 is 20.1 Å². The van der Waals surface area contributed by atoms with E-state index in [0.717, 1.165) is 0 Å². The second-order valence-corrected chi connectivity index (χ2v) is 2.59. The Labute approximate surface area is 58.1 Å². The summed E-state index contributed by atoms with van der Waals surface area (Å²) in [5.74, 6) is -1.53. The standard InChI is InChI=1S/C6H10O4/c7-2-5(8)3-1-4(3)6(9)10/h3-5,7-8H,1-2H2,(H,9,10)/t3-,4-,5-/m1/s1. The van der Waals surface area contributed by atoms with Gasteiger partial charge in [0.25, 0.3) is 0 Å². The van der Waals surface area contributed by atoms with Gasteiger partial charge in [-0.3, -0.25) is 4.79 Å². The van der Waals surface area contributed by atoms with Crippen molar-refractivity contribution in [3.63, 3.8) is 0 Å². The largest absolute Gasteiger partial charge is 0.481 e. The Morgan fingerprint density at radius 3 is 2.60 bits per heavy atom. The molecule has 3 atom stereocenters. The molecule has 4 heteroatoms. The summed E-state index contributed by atoms with van der Waals surface area (Å²) in [5, 5.41) is 25.7. The summed E-state index contributed by atoms with van der Waals surface area (Å²) >= 11 is 0. The van der Waals surface area contributed by atoms with Crippen LogP contribution in [-0.4, -0.2) is 34.0 Å². The summed E-state index contributed by atoms with van der Waals surface area (Å²) < 4.78 is 0. The fourth-order valence-corrected chi connectivity index (χ4v) is 1.06. The lowest BCUT2D eigenvalue weighted by molar-refractivity contribution is -0.139. The van der Waals surface area contributed by atoms with E-state index >= 15 is 0 Å². The number of aliphatic carboxylic acids is 1. The van der Waals surface area contributed by atoms with Crippen LogP contribution in [0, 0.1) is 11.8 Å². The van der Waals surface area contributed by atoms with Crippen molar-refractivity contribution in [3.8, 4) is 0 Å². The smallest absolute Gasteiger partial charge is 0.306 e. The van der Waals surface area contributed by atoms with Crippen molar-refractivity contribution in [1.82, 2.24) is 0 Å². The molecular weight excluding hydrogens is 136 g/mol. The molecule has 0 heterocycles. The Hall–Kier alpha value is -0.610. The van der Waals surface area contributed by atoms with E-state index in [1.165, 1.54) is 0 Å². The summed E-state index contributed by atoms with van der Waals surface area (Å²) in [4.78, 5) is 10.2. The SMILES string of the molecule is O=C(O)[C@@H]1C[C@H]1[C@H](O)CO. The number of carboxylic acids is 1. The number of aliphatic hydroxyl groups excluding tert-OH is 2. The average Bonchev–Trinajstić information content (AvgIpc) is 2.64. The molecule has 0 aromatic rings. The van der Waals surface area contributed by atoms with Gasteiger partial charge in [0.05, 0.1) is 18.6 Å². The highest BCUT2D eigenvalue weighted by molar-refractivity contribution is 5.73. The highest BCUT2D eigenvalue weighted by atomic mass is 16.4. The molecule has 1 fully saturated rings. The summed E-state index contributed by atoms with van der Waals surface area (Å²) in [7, 11) is 0. The van der Waals surface area contributed by atoms with Crippen LogP contribution >= 0.6 is 0 Å². The molecule has 0 aliphatic heterocycles. The van der Waals surface area contributed by atoms with Gasteiger partial charge in [0.1, 0.15) is 0 Å². The van der Waals surface area contributed by atoms with E-state index in [1.807, 2.05) is 0 Å². The zero-order chi connectivity index (χ0) is 7.72. The molecule has 1 saturated carbocycles. The molecule has 0 aromatic carbocycles. The molecule has 0 amide bonds. The second-order valence-electron chi connectivity index (χ2n) is 2.59. The number of aliphatic hydroxyl groups is 2. The lowest BCUT2D eigenvalue weighted by Crippen LogP contribution is -2.17. The Morgan fingerprint density at radius 1 is 1.70 bits per heavy atom.